The van der Waals surface area contributed by atoms with Crippen molar-refractivity contribution < 1.29 is 9.53 Å². The predicted molar refractivity (Wildman–Crippen MR) is 133 cm³/mol. The van der Waals surface area contributed by atoms with Gasteiger partial charge in [-0.25, -0.2) is 0 Å². The van der Waals surface area contributed by atoms with Crippen molar-refractivity contribution in [3.05, 3.63) is 83.2 Å². The van der Waals surface area contributed by atoms with Crippen LogP contribution in [0, 0.1) is 13.8 Å². The van der Waals surface area contributed by atoms with Gasteiger partial charge in [-0.05, 0) is 68.0 Å². The van der Waals surface area contributed by atoms with Gasteiger partial charge in [0.2, 0.25) is 0 Å². The van der Waals surface area contributed by atoms with E-state index in [9.17, 15) is 4.79 Å². The van der Waals surface area contributed by atoms with Gasteiger partial charge in [0.15, 0.2) is 5.78 Å². The number of nitrogens with zero attached hydrogens (tertiary/aromatic N) is 4. The zero-order chi connectivity index (χ0) is 23.5. The molecule has 0 N–H and O–H groups in total. The number of rotatable bonds is 6. The molecule has 3 aromatic rings. The highest BCUT2D eigenvalue weighted by molar-refractivity contribution is 5.97. The highest BCUT2D eigenvalue weighted by Gasteiger charge is 2.24. The number of carbonyl (C=O) groups is 1. The highest BCUT2D eigenvalue weighted by atomic mass is 16.5. The minimum atomic E-state index is 0.0954. The maximum absolute atomic E-state index is 12.9. The lowest BCUT2D eigenvalue weighted by atomic mass is 9.90. The normalized spacial score (nSPS) is 19.1. The lowest BCUT2D eigenvalue weighted by Crippen LogP contribution is -2.43. The summed E-state index contributed by atoms with van der Waals surface area (Å²) >= 11 is 0. The van der Waals surface area contributed by atoms with Gasteiger partial charge in [0.25, 0.3) is 0 Å². The van der Waals surface area contributed by atoms with Crippen LogP contribution in [0.5, 0.6) is 0 Å². The fourth-order valence-electron chi connectivity index (χ4n) is 5.00. The molecule has 0 spiro atoms. The summed E-state index contributed by atoms with van der Waals surface area (Å²) in [7, 11) is 0. The SMILES string of the molecule is Cc1ccc(-n2ccc(C(=O)Cc3cnc(C4=CCC(N5CCOCC5)CC4)c(C)c3)c2)cn1. The van der Waals surface area contributed by atoms with E-state index >= 15 is 0 Å². The van der Waals surface area contributed by atoms with Gasteiger partial charge >= 0.3 is 0 Å². The largest absolute Gasteiger partial charge is 0.379 e. The van der Waals surface area contributed by atoms with Gasteiger partial charge in [0.05, 0.1) is 30.8 Å². The van der Waals surface area contributed by atoms with Crippen LogP contribution in [0.4, 0.5) is 0 Å². The van der Waals surface area contributed by atoms with Gasteiger partial charge in [-0.1, -0.05) is 12.1 Å². The van der Waals surface area contributed by atoms with Crippen molar-refractivity contribution in [3.8, 4) is 5.69 Å². The van der Waals surface area contributed by atoms with Gasteiger partial charge in [0.1, 0.15) is 0 Å². The van der Waals surface area contributed by atoms with Crippen LogP contribution in [0.1, 0.15) is 52.1 Å². The number of pyridine rings is 2. The number of Topliss-reactive ketones (excluding diaryl/α,β-unsaturated/α-hetero) is 1. The van der Waals surface area contributed by atoms with Gasteiger partial charge in [-0.3, -0.25) is 19.7 Å². The molecule has 34 heavy (non-hydrogen) atoms. The molecule has 1 aliphatic heterocycles. The van der Waals surface area contributed by atoms with Crippen LogP contribution in [-0.2, 0) is 11.2 Å². The molecule has 2 aliphatic rings. The predicted octanol–water partition coefficient (Wildman–Crippen LogP) is 4.58. The number of carbonyl (C=O) groups excluding carboxylic acids is 1. The number of aromatic nitrogens is 3. The summed E-state index contributed by atoms with van der Waals surface area (Å²) in [5.74, 6) is 0.0954. The van der Waals surface area contributed by atoms with Crippen molar-refractivity contribution >= 4 is 11.4 Å². The first-order chi connectivity index (χ1) is 16.6. The third-order valence-electron chi connectivity index (χ3n) is 6.96. The van der Waals surface area contributed by atoms with Crippen LogP contribution in [0.15, 0.2) is 55.1 Å². The van der Waals surface area contributed by atoms with Crippen molar-refractivity contribution in [2.75, 3.05) is 26.3 Å². The number of ether oxygens (including phenoxy) is 1. The molecule has 1 unspecified atom stereocenters. The molecule has 5 rings (SSSR count). The molecule has 4 heterocycles. The average molecular weight is 457 g/mol. The Bertz CT molecular complexity index is 1190. The summed E-state index contributed by atoms with van der Waals surface area (Å²) in [6.07, 6.45) is 13.5. The van der Waals surface area contributed by atoms with E-state index in [0.717, 1.165) is 67.3 Å². The fraction of sp³-hybridized carbons (Fsp3) is 0.393. The van der Waals surface area contributed by atoms with E-state index < -0.39 is 0 Å². The Labute approximate surface area is 201 Å². The number of aryl methyl sites for hydroxylation is 2. The number of hydrogen-bond donors (Lipinski definition) is 0. The molecule has 0 aromatic carbocycles. The average Bonchev–Trinajstić information content (AvgIpc) is 3.36. The molecule has 6 heteroatoms. The third kappa shape index (κ3) is 5.03. The summed E-state index contributed by atoms with van der Waals surface area (Å²) in [6, 6.07) is 8.58. The van der Waals surface area contributed by atoms with Crippen molar-refractivity contribution in [2.24, 2.45) is 0 Å². The quantitative estimate of drug-likeness (QED) is 0.508. The molecular weight excluding hydrogens is 424 g/mol. The summed E-state index contributed by atoms with van der Waals surface area (Å²) in [6.45, 7) is 7.84. The highest BCUT2D eigenvalue weighted by Crippen LogP contribution is 2.30. The third-order valence-corrected chi connectivity index (χ3v) is 6.96. The van der Waals surface area contributed by atoms with E-state index in [1.807, 2.05) is 54.5 Å². The molecule has 0 radical (unpaired) electrons. The monoisotopic (exact) mass is 456 g/mol. The molecule has 1 fully saturated rings. The number of morpholine rings is 1. The lowest BCUT2D eigenvalue weighted by molar-refractivity contribution is 0.0150. The molecule has 3 aromatic heterocycles. The van der Waals surface area contributed by atoms with E-state index in [2.05, 4.69) is 29.0 Å². The van der Waals surface area contributed by atoms with E-state index in [-0.39, 0.29) is 5.78 Å². The van der Waals surface area contributed by atoms with Crippen LogP contribution >= 0.6 is 0 Å². The molecule has 1 aliphatic carbocycles. The molecule has 1 atom stereocenters. The van der Waals surface area contributed by atoms with Crippen molar-refractivity contribution in [3.63, 3.8) is 0 Å². The van der Waals surface area contributed by atoms with Crippen LogP contribution in [-0.4, -0.2) is 57.6 Å². The smallest absolute Gasteiger partial charge is 0.168 e. The Balaban J connectivity index is 1.23. The van der Waals surface area contributed by atoms with E-state index in [4.69, 9.17) is 9.72 Å². The second-order valence-electron chi connectivity index (χ2n) is 9.38. The maximum atomic E-state index is 12.9. The summed E-state index contributed by atoms with van der Waals surface area (Å²) in [4.78, 5) is 24.6. The Kier molecular flexibility index (Phi) is 6.70. The first kappa shape index (κ1) is 22.7. The molecule has 0 amide bonds. The number of allylic oxidation sites excluding steroid dienone is 1. The van der Waals surface area contributed by atoms with Crippen molar-refractivity contribution in [2.45, 2.75) is 45.6 Å². The Morgan fingerprint density at radius 2 is 1.97 bits per heavy atom. The maximum Gasteiger partial charge on any atom is 0.168 e. The van der Waals surface area contributed by atoms with Crippen LogP contribution < -0.4 is 0 Å². The molecule has 0 bridgehead atoms. The first-order valence-electron chi connectivity index (χ1n) is 12.2. The number of hydrogen-bond acceptors (Lipinski definition) is 5. The molecule has 6 nitrogen and oxygen atoms in total. The molecular formula is C28H32N4O2. The standard InChI is InChI=1S/C28H32N4O2/c1-20-15-22(16-27(33)24-9-10-32(19-24)26-6-3-21(2)29-18-26)17-30-28(20)23-4-7-25(8-5-23)31-11-13-34-14-12-31/h3-4,6,9-10,15,17-19,25H,5,7-8,11-14,16H2,1-2H3. The number of ketones is 1. The Hall–Kier alpha value is -3.09. The minimum absolute atomic E-state index is 0.0954. The summed E-state index contributed by atoms with van der Waals surface area (Å²) in [5, 5.41) is 0. The van der Waals surface area contributed by atoms with Gasteiger partial charge in [-0.2, -0.15) is 0 Å². The van der Waals surface area contributed by atoms with E-state index in [1.165, 1.54) is 12.0 Å². The van der Waals surface area contributed by atoms with E-state index in [0.29, 0.717) is 18.0 Å². The second kappa shape index (κ2) is 10.0. The topological polar surface area (TPSA) is 60.2 Å². The minimum Gasteiger partial charge on any atom is -0.379 e. The van der Waals surface area contributed by atoms with Gasteiger partial charge in [-0.15, -0.1) is 0 Å². The Morgan fingerprint density at radius 1 is 1.12 bits per heavy atom. The summed E-state index contributed by atoms with van der Waals surface area (Å²) < 4.78 is 7.43. The van der Waals surface area contributed by atoms with Crippen LogP contribution in [0.25, 0.3) is 11.3 Å². The lowest BCUT2D eigenvalue weighted by Gasteiger charge is -2.36. The Morgan fingerprint density at radius 3 is 2.68 bits per heavy atom. The first-order valence-corrected chi connectivity index (χ1v) is 12.2. The second-order valence-corrected chi connectivity index (χ2v) is 9.38. The van der Waals surface area contributed by atoms with Crippen LogP contribution in [0.3, 0.4) is 0 Å². The van der Waals surface area contributed by atoms with Crippen molar-refractivity contribution in [1.29, 1.82) is 0 Å². The van der Waals surface area contributed by atoms with E-state index in [1.54, 1.807) is 0 Å². The van der Waals surface area contributed by atoms with Crippen molar-refractivity contribution in [1.82, 2.24) is 19.4 Å². The fourth-order valence-corrected chi connectivity index (χ4v) is 5.00. The molecule has 1 saturated heterocycles. The summed E-state index contributed by atoms with van der Waals surface area (Å²) in [5.41, 5.74) is 7.13. The van der Waals surface area contributed by atoms with Crippen LogP contribution in [0.2, 0.25) is 0 Å². The zero-order valence-corrected chi connectivity index (χ0v) is 20.0. The van der Waals surface area contributed by atoms with Gasteiger partial charge < -0.3 is 9.30 Å². The molecule has 176 valence electrons. The zero-order valence-electron chi connectivity index (χ0n) is 20.0. The molecule has 0 saturated carbocycles. The van der Waals surface area contributed by atoms with Gasteiger partial charge in [0, 0.05) is 55.4 Å².